The van der Waals surface area contributed by atoms with Gasteiger partial charge in [0.2, 0.25) is 0 Å². The molecule has 1 aromatic heterocycles. The molecule has 0 spiro atoms. The Kier molecular flexibility index (Phi) is 6.03. The van der Waals surface area contributed by atoms with Gasteiger partial charge in [-0.25, -0.2) is 9.78 Å². The van der Waals surface area contributed by atoms with Crippen LogP contribution in [0.2, 0.25) is 0 Å². The van der Waals surface area contributed by atoms with E-state index in [0.29, 0.717) is 23.5 Å². The second kappa shape index (κ2) is 7.35. The average molecular weight is 288 g/mol. The Balaban J connectivity index is 2.30. The van der Waals surface area contributed by atoms with Gasteiger partial charge in [0.15, 0.2) is 0 Å². The first-order chi connectivity index (χ1) is 7.74. The van der Waals surface area contributed by atoms with Crippen LogP contribution >= 0.6 is 15.9 Å². The van der Waals surface area contributed by atoms with E-state index in [0.717, 1.165) is 6.42 Å². The first-order valence-corrected chi connectivity index (χ1v) is 5.90. The smallest absolute Gasteiger partial charge is 0.357 e. The summed E-state index contributed by atoms with van der Waals surface area (Å²) in [7, 11) is 0. The first kappa shape index (κ1) is 13.1. The molecule has 0 unspecified atom stereocenters. The van der Waals surface area contributed by atoms with Crippen LogP contribution in [0.3, 0.4) is 0 Å². The summed E-state index contributed by atoms with van der Waals surface area (Å²) in [4.78, 5) is 15.5. The van der Waals surface area contributed by atoms with E-state index in [1.54, 1.807) is 18.2 Å². The highest BCUT2D eigenvalue weighted by atomic mass is 79.9. The van der Waals surface area contributed by atoms with E-state index in [1.807, 2.05) is 6.92 Å². The van der Waals surface area contributed by atoms with Crippen molar-refractivity contribution in [2.45, 2.75) is 13.3 Å². The van der Waals surface area contributed by atoms with Crippen molar-refractivity contribution in [3.8, 4) is 0 Å². The number of carbonyl (C=O) groups excluding carboxylic acids is 1. The predicted molar refractivity (Wildman–Crippen MR) is 63.3 cm³/mol. The molecule has 0 radical (unpaired) electrons. The fourth-order valence-corrected chi connectivity index (χ4v) is 1.38. The monoisotopic (exact) mass is 287 g/mol. The SMILES string of the molecule is CCCOCCOC(=O)c1cccc(Br)n1. The van der Waals surface area contributed by atoms with Gasteiger partial charge in [-0.3, -0.25) is 0 Å². The summed E-state index contributed by atoms with van der Waals surface area (Å²) in [5, 5.41) is 0. The van der Waals surface area contributed by atoms with Gasteiger partial charge in [-0.1, -0.05) is 13.0 Å². The molecule has 88 valence electrons. The van der Waals surface area contributed by atoms with Crippen molar-refractivity contribution in [1.29, 1.82) is 0 Å². The molecule has 0 saturated carbocycles. The predicted octanol–water partition coefficient (Wildman–Crippen LogP) is 2.43. The molecule has 16 heavy (non-hydrogen) atoms. The maximum atomic E-state index is 11.5. The van der Waals surface area contributed by atoms with Crippen LogP contribution in [0.5, 0.6) is 0 Å². The highest BCUT2D eigenvalue weighted by Gasteiger charge is 2.08. The molecule has 0 N–H and O–H groups in total. The summed E-state index contributed by atoms with van der Waals surface area (Å²) in [6.07, 6.45) is 0.959. The van der Waals surface area contributed by atoms with Crippen molar-refractivity contribution in [3.63, 3.8) is 0 Å². The van der Waals surface area contributed by atoms with Gasteiger partial charge in [0, 0.05) is 6.61 Å². The number of hydrogen-bond acceptors (Lipinski definition) is 4. The Hall–Kier alpha value is -0.940. The van der Waals surface area contributed by atoms with Crippen LogP contribution in [-0.2, 0) is 9.47 Å². The first-order valence-electron chi connectivity index (χ1n) is 5.11. The van der Waals surface area contributed by atoms with Crippen LogP contribution in [0.4, 0.5) is 0 Å². The third-order valence-electron chi connectivity index (χ3n) is 1.73. The zero-order chi connectivity index (χ0) is 11.8. The van der Waals surface area contributed by atoms with E-state index in [4.69, 9.17) is 9.47 Å². The van der Waals surface area contributed by atoms with Gasteiger partial charge in [-0.15, -0.1) is 0 Å². The zero-order valence-electron chi connectivity index (χ0n) is 9.11. The van der Waals surface area contributed by atoms with Crippen molar-refractivity contribution >= 4 is 21.9 Å². The largest absolute Gasteiger partial charge is 0.459 e. The van der Waals surface area contributed by atoms with Crippen molar-refractivity contribution in [2.24, 2.45) is 0 Å². The van der Waals surface area contributed by atoms with Crippen molar-refractivity contribution in [3.05, 3.63) is 28.5 Å². The van der Waals surface area contributed by atoms with Gasteiger partial charge in [-0.2, -0.15) is 0 Å². The van der Waals surface area contributed by atoms with E-state index in [-0.39, 0.29) is 6.61 Å². The molecular weight excluding hydrogens is 274 g/mol. The Morgan fingerprint density at radius 2 is 2.19 bits per heavy atom. The van der Waals surface area contributed by atoms with Gasteiger partial charge < -0.3 is 9.47 Å². The van der Waals surface area contributed by atoms with Gasteiger partial charge >= 0.3 is 5.97 Å². The fraction of sp³-hybridized carbons (Fsp3) is 0.455. The number of hydrogen-bond donors (Lipinski definition) is 0. The number of nitrogens with zero attached hydrogens (tertiary/aromatic N) is 1. The highest BCUT2D eigenvalue weighted by Crippen LogP contribution is 2.07. The molecule has 0 fully saturated rings. The average Bonchev–Trinajstić information content (AvgIpc) is 2.28. The molecule has 0 aliphatic carbocycles. The van der Waals surface area contributed by atoms with Crippen LogP contribution < -0.4 is 0 Å². The van der Waals surface area contributed by atoms with Crippen LogP contribution in [0.1, 0.15) is 23.8 Å². The molecule has 1 rings (SSSR count). The number of pyridine rings is 1. The van der Waals surface area contributed by atoms with Crippen LogP contribution in [0, 0.1) is 0 Å². The lowest BCUT2D eigenvalue weighted by Crippen LogP contribution is -2.12. The lowest BCUT2D eigenvalue weighted by Gasteiger charge is -2.04. The van der Waals surface area contributed by atoms with E-state index < -0.39 is 5.97 Å². The highest BCUT2D eigenvalue weighted by molar-refractivity contribution is 9.10. The molecule has 4 nitrogen and oxygen atoms in total. The summed E-state index contributed by atoms with van der Waals surface area (Å²) in [6.45, 7) is 3.39. The maximum absolute atomic E-state index is 11.5. The molecule has 0 atom stereocenters. The second-order valence-corrected chi connectivity index (χ2v) is 3.91. The molecule has 0 bridgehead atoms. The standard InChI is InChI=1S/C11H14BrNO3/c1-2-6-15-7-8-16-11(14)9-4-3-5-10(12)13-9/h3-5H,2,6-8H2,1H3. The lowest BCUT2D eigenvalue weighted by molar-refractivity contribution is 0.0312. The minimum absolute atomic E-state index is 0.257. The van der Waals surface area contributed by atoms with E-state index in [9.17, 15) is 4.79 Å². The normalized spacial score (nSPS) is 10.1. The molecule has 0 saturated heterocycles. The summed E-state index contributed by atoms with van der Waals surface area (Å²) in [5.74, 6) is -0.429. The third-order valence-corrected chi connectivity index (χ3v) is 2.18. The van der Waals surface area contributed by atoms with Crippen molar-refractivity contribution in [1.82, 2.24) is 4.98 Å². The van der Waals surface area contributed by atoms with Crippen LogP contribution in [-0.4, -0.2) is 30.8 Å². The summed E-state index contributed by atoms with van der Waals surface area (Å²) >= 11 is 3.19. The van der Waals surface area contributed by atoms with Crippen LogP contribution in [0.15, 0.2) is 22.8 Å². The van der Waals surface area contributed by atoms with Gasteiger partial charge in [0.1, 0.15) is 16.9 Å². The minimum atomic E-state index is -0.429. The van der Waals surface area contributed by atoms with Gasteiger partial charge in [0.05, 0.1) is 6.61 Å². The third kappa shape index (κ3) is 4.72. The molecule has 0 aliphatic rings. The Labute approximate surface area is 103 Å². The second-order valence-electron chi connectivity index (χ2n) is 3.09. The molecular formula is C11H14BrNO3. The molecule has 0 amide bonds. The minimum Gasteiger partial charge on any atom is -0.459 e. The van der Waals surface area contributed by atoms with E-state index in [1.165, 1.54) is 0 Å². The van der Waals surface area contributed by atoms with E-state index in [2.05, 4.69) is 20.9 Å². The topological polar surface area (TPSA) is 48.4 Å². The van der Waals surface area contributed by atoms with E-state index >= 15 is 0 Å². The molecule has 0 aromatic carbocycles. The number of ether oxygens (including phenoxy) is 2. The summed E-state index contributed by atoms with van der Waals surface area (Å²) in [5.41, 5.74) is 0.296. The maximum Gasteiger partial charge on any atom is 0.357 e. The number of halogens is 1. The summed E-state index contributed by atoms with van der Waals surface area (Å²) < 4.78 is 10.8. The van der Waals surface area contributed by atoms with Gasteiger partial charge in [-0.05, 0) is 34.5 Å². The zero-order valence-corrected chi connectivity index (χ0v) is 10.7. The molecule has 1 heterocycles. The van der Waals surface area contributed by atoms with Gasteiger partial charge in [0.25, 0.3) is 0 Å². The van der Waals surface area contributed by atoms with Crippen molar-refractivity contribution < 1.29 is 14.3 Å². The number of esters is 1. The number of carbonyl (C=O) groups is 1. The Bertz CT molecular complexity index is 344. The Morgan fingerprint density at radius 3 is 2.88 bits per heavy atom. The van der Waals surface area contributed by atoms with Crippen LogP contribution in [0.25, 0.3) is 0 Å². The number of rotatable bonds is 6. The molecule has 1 aromatic rings. The Morgan fingerprint density at radius 1 is 1.38 bits per heavy atom. The quantitative estimate of drug-likeness (QED) is 0.458. The lowest BCUT2D eigenvalue weighted by atomic mass is 10.3. The molecule has 0 aliphatic heterocycles. The summed E-state index contributed by atoms with van der Waals surface area (Å²) in [6, 6.07) is 5.10. The molecule has 5 heteroatoms. The number of aromatic nitrogens is 1. The van der Waals surface area contributed by atoms with Crippen molar-refractivity contribution in [2.75, 3.05) is 19.8 Å². The fourth-order valence-electron chi connectivity index (χ4n) is 1.04.